The lowest BCUT2D eigenvalue weighted by Crippen LogP contribution is -2.17. The first-order valence-corrected chi connectivity index (χ1v) is 14.0. The number of nitrogen functional groups attached to an aromatic ring is 1. The van der Waals surface area contributed by atoms with Gasteiger partial charge in [-0.25, -0.2) is 18.5 Å². The predicted octanol–water partition coefficient (Wildman–Crippen LogP) is 2.83. The molecule has 5 N–H and O–H groups in total. The highest BCUT2D eigenvalue weighted by Crippen LogP contribution is 2.41. The van der Waals surface area contributed by atoms with Crippen molar-refractivity contribution in [3.63, 3.8) is 0 Å². The number of primary sulfonamides is 1. The number of methoxy groups -OCH3 is 1. The topological polar surface area (TPSA) is 172 Å². The normalized spacial score (nSPS) is 11.8. The maximum atomic E-state index is 13.0. The van der Waals surface area contributed by atoms with Crippen LogP contribution in [0.4, 0.5) is 5.13 Å². The molecule has 196 valence electrons. The highest BCUT2D eigenvalue weighted by Gasteiger charge is 2.27. The molecular formula is C25H25N7O4S2. The zero-order chi connectivity index (χ0) is 26.9. The van der Waals surface area contributed by atoms with E-state index in [1.165, 1.54) is 16.1 Å². The van der Waals surface area contributed by atoms with Gasteiger partial charge in [0.1, 0.15) is 5.75 Å². The fourth-order valence-corrected chi connectivity index (χ4v) is 6.13. The summed E-state index contributed by atoms with van der Waals surface area (Å²) in [5.74, 6) is 0.823. The number of hydrogen-bond acceptors (Lipinski definition) is 10. The molecule has 13 heteroatoms. The first kappa shape index (κ1) is 25.7. The third kappa shape index (κ3) is 5.09. The van der Waals surface area contributed by atoms with Gasteiger partial charge in [0.2, 0.25) is 15.8 Å². The Kier molecular flexibility index (Phi) is 7.08. The molecule has 0 aliphatic rings. The number of fused-ring (bicyclic) bond motifs is 1. The molecule has 0 saturated heterocycles. The van der Waals surface area contributed by atoms with E-state index < -0.39 is 10.0 Å². The minimum atomic E-state index is -4.23. The van der Waals surface area contributed by atoms with Crippen LogP contribution in [0.5, 0.6) is 5.75 Å². The first-order valence-electron chi connectivity index (χ1n) is 11.6. The van der Waals surface area contributed by atoms with Gasteiger partial charge in [-0.2, -0.15) is 4.80 Å². The third-order valence-electron chi connectivity index (χ3n) is 6.01. The number of thiazole rings is 1. The molecular weight excluding hydrogens is 526 g/mol. The molecule has 2 heterocycles. The zero-order valence-corrected chi connectivity index (χ0v) is 22.0. The maximum absolute atomic E-state index is 13.0. The number of hydrogen-bond donors (Lipinski definition) is 3. The van der Waals surface area contributed by atoms with E-state index in [4.69, 9.17) is 15.6 Å². The van der Waals surface area contributed by atoms with Gasteiger partial charge in [0.25, 0.3) is 0 Å². The van der Waals surface area contributed by atoms with Crippen molar-refractivity contribution in [2.45, 2.75) is 24.3 Å². The predicted molar refractivity (Wildman–Crippen MR) is 145 cm³/mol. The van der Waals surface area contributed by atoms with Crippen LogP contribution in [-0.4, -0.2) is 52.4 Å². The average molecular weight is 552 g/mol. The molecule has 5 rings (SSSR count). The van der Waals surface area contributed by atoms with Crippen LogP contribution in [0.3, 0.4) is 0 Å². The van der Waals surface area contributed by atoms with Crippen LogP contribution < -0.4 is 15.6 Å². The Morgan fingerprint density at radius 1 is 1.08 bits per heavy atom. The monoisotopic (exact) mass is 551 g/mol. The fourth-order valence-electron chi connectivity index (χ4n) is 4.35. The summed E-state index contributed by atoms with van der Waals surface area (Å²) < 4.78 is 32.1. The number of benzene rings is 3. The number of aliphatic hydroxyl groups excluding tert-OH is 1. The van der Waals surface area contributed by atoms with Crippen molar-refractivity contribution in [2.24, 2.45) is 5.14 Å². The Labute approximate surface area is 222 Å². The Morgan fingerprint density at radius 2 is 1.87 bits per heavy atom. The second kappa shape index (κ2) is 10.5. The van der Waals surface area contributed by atoms with Crippen LogP contribution in [0.1, 0.15) is 17.5 Å². The minimum absolute atomic E-state index is 0.101. The van der Waals surface area contributed by atoms with Crippen molar-refractivity contribution < 1.29 is 18.3 Å². The molecule has 0 atom stereocenters. The minimum Gasteiger partial charge on any atom is -0.497 e. The standard InChI is InChI=1S/C25H25N7O4S2/c1-36-17-10-7-15(8-11-17)14-32-30-24(29-31-32)21-18(19-5-2-6-20-22(19)28-25(26)37-20)12-9-16(4-3-13-33)23(21)38(27,34)35/h2,5-12,33H,3-4,13-14H2,1H3,(H2,26,28)(H2,27,34,35). The Hall–Kier alpha value is -3.91. The SMILES string of the molecule is COc1ccc(Cn2nnc(-c3c(-c4cccc5sc(N)nc45)ccc(CCCO)c3S(N)(=O)=O)n2)cc1. The summed E-state index contributed by atoms with van der Waals surface area (Å²) in [5, 5.41) is 28.5. The van der Waals surface area contributed by atoms with Gasteiger partial charge in [0.05, 0.1) is 34.3 Å². The average Bonchev–Trinajstić information content (AvgIpc) is 3.52. The fraction of sp³-hybridized carbons (Fsp3) is 0.200. The lowest BCUT2D eigenvalue weighted by molar-refractivity contribution is 0.288. The molecule has 0 aliphatic heterocycles. The van der Waals surface area contributed by atoms with Gasteiger partial charge < -0.3 is 15.6 Å². The second-order valence-electron chi connectivity index (χ2n) is 8.54. The maximum Gasteiger partial charge on any atom is 0.239 e. The number of aliphatic hydroxyl groups is 1. The Bertz CT molecular complexity index is 1710. The van der Waals surface area contributed by atoms with Gasteiger partial charge in [-0.1, -0.05) is 47.7 Å². The van der Waals surface area contributed by atoms with Gasteiger partial charge >= 0.3 is 0 Å². The summed E-state index contributed by atoms with van der Waals surface area (Å²) in [6, 6.07) is 16.5. The highest BCUT2D eigenvalue weighted by molar-refractivity contribution is 7.89. The van der Waals surface area contributed by atoms with E-state index in [0.717, 1.165) is 16.0 Å². The molecule has 0 saturated carbocycles. The number of sulfonamides is 1. The van der Waals surface area contributed by atoms with Crippen LogP contribution in [-0.2, 0) is 23.0 Å². The Morgan fingerprint density at radius 3 is 2.58 bits per heavy atom. The summed E-state index contributed by atoms with van der Waals surface area (Å²) in [4.78, 5) is 5.75. The van der Waals surface area contributed by atoms with Crippen LogP contribution in [0, 0.1) is 0 Å². The number of tetrazole rings is 1. The molecule has 3 aromatic carbocycles. The van der Waals surface area contributed by atoms with Crippen molar-refractivity contribution in [1.29, 1.82) is 0 Å². The lowest BCUT2D eigenvalue weighted by atomic mass is 9.94. The van der Waals surface area contributed by atoms with Crippen molar-refractivity contribution in [3.05, 3.63) is 65.7 Å². The molecule has 11 nitrogen and oxygen atoms in total. The van der Waals surface area contributed by atoms with Gasteiger partial charge in [-0.3, -0.25) is 0 Å². The number of rotatable bonds is 9. The number of aromatic nitrogens is 5. The van der Waals surface area contributed by atoms with Gasteiger partial charge in [-0.15, -0.1) is 10.2 Å². The molecule has 0 amide bonds. The largest absolute Gasteiger partial charge is 0.497 e. The molecule has 2 aromatic heterocycles. The molecule has 38 heavy (non-hydrogen) atoms. The summed E-state index contributed by atoms with van der Waals surface area (Å²) in [6.07, 6.45) is 0.653. The quantitative estimate of drug-likeness (QED) is 0.249. The van der Waals surface area contributed by atoms with Gasteiger partial charge in [0.15, 0.2) is 5.13 Å². The van der Waals surface area contributed by atoms with Gasteiger partial charge in [0, 0.05) is 12.2 Å². The summed E-state index contributed by atoms with van der Waals surface area (Å²) in [5.41, 5.74) is 9.39. The van der Waals surface area contributed by atoms with Crippen LogP contribution in [0.15, 0.2) is 59.5 Å². The van der Waals surface area contributed by atoms with Crippen LogP contribution in [0.2, 0.25) is 0 Å². The van der Waals surface area contributed by atoms with Crippen molar-refractivity contribution in [1.82, 2.24) is 25.2 Å². The number of nitrogens with two attached hydrogens (primary N) is 2. The molecule has 0 aliphatic carbocycles. The molecule has 0 bridgehead atoms. The van der Waals surface area contributed by atoms with E-state index in [2.05, 4.69) is 20.4 Å². The summed E-state index contributed by atoms with van der Waals surface area (Å²) in [6.45, 7) is 0.203. The molecule has 0 fully saturated rings. The number of para-hydroxylation sites is 1. The number of ether oxygens (including phenoxy) is 1. The summed E-state index contributed by atoms with van der Waals surface area (Å²) >= 11 is 1.33. The van der Waals surface area contributed by atoms with E-state index in [-0.39, 0.29) is 22.9 Å². The first-order chi connectivity index (χ1) is 18.3. The number of aryl methyl sites for hydroxylation is 1. The third-order valence-corrected chi connectivity index (χ3v) is 7.90. The molecule has 0 radical (unpaired) electrons. The van der Waals surface area contributed by atoms with E-state index in [0.29, 0.717) is 46.7 Å². The van der Waals surface area contributed by atoms with Crippen molar-refractivity contribution in [3.8, 4) is 28.3 Å². The van der Waals surface area contributed by atoms with Crippen molar-refractivity contribution in [2.75, 3.05) is 19.5 Å². The summed E-state index contributed by atoms with van der Waals surface area (Å²) in [7, 11) is -2.64. The highest BCUT2D eigenvalue weighted by atomic mass is 32.2. The van der Waals surface area contributed by atoms with Gasteiger partial charge in [-0.05, 0) is 52.9 Å². The second-order valence-corrected chi connectivity index (χ2v) is 11.1. The van der Waals surface area contributed by atoms with E-state index in [9.17, 15) is 13.5 Å². The van der Waals surface area contributed by atoms with Crippen molar-refractivity contribution >= 4 is 36.7 Å². The Balaban J connectivity index is 1.70. The number of nitrogens with zero attached hydrogens (tertiary/aromatic N) is 5. The van der Waals surface area contributed by atoms with E-state index >= 15 is 0 Å². The van der Waals surface area contributed by atoms with E-state index in [1.54, 1.807) is 19.2 Å². The van der Waals surface area contributed by atoms with Crippen LogP contribution in [0.25, 0.3) is 32.7 Å². The number of anilines is 1. The van der Waals surface area contributed by atoms with E-state index in [1.807, 2.05) is 42.5 Å². The molecule has 5 aromatic rings. The molecule has 0 spiro atoms. The smallest absolute Gasteiger partial charge is 0.239 e. The molecule has 0 unspecified atom stereocenters. The lowest BCUT2D eigenvalue weighted by Gasteiger charge is -2.16. The zero-order valence-electron chi connectivity index (χ0n) is 20.4. The van der Waals surface area contributed by atoms with Crippen LogP contribution >= 0.6 is 11.3 Å².